The van der Waals surface area contributed by atoms with E-state index in [-0.39, 0.29) is 11.8 Å². The molecule has 1 aromatic heterocycles. The van der Waals surface area contributed by atoms with E-state index in [0.29, 0.717) is 18.1 Å². The van der Waals surface area contributed by atoms with Gasteiger partial charge in [-0.15, -0.1) is 0 Å². The number of fused-ring (bicyclic) bond motifs is 1. The summed E-state index contributed by atoms with van der Waals surface area (Å²) in [6.07, 6.45) is 2.48. The van der Waals surface area contributed by atoms with E-state index in [0.717, 1.165) is 72.6 Å². The van der Waals surface area contributed by atoms with Crippen molar-refractivity contribution in [2.45, 2.75) is 25.3 Å². The topological polar surface area (TPSA) is 40.5 Å². The van der Waals surface area contributed by atoms with Crippen LogP contribution >= 0.6 is 11.6 Å². The molecule has 0 radical (unpaired) electrons. The van der Waals surface area contributed by atoms with Crippen molar-refractivity contribution in [2.24, 2.45) is 0 Å². The highest BCUT2D eigenvalue weighted by Crippen LogP contribution is 2.45. The molecule has 2 aliphatic heterocycles. The second-order valence-electron chi connectivity index (χ2n) is 11.9. The minimum Gasteiger partial charge on any atom is -0.335 e. The van der Waals surface area contributed by atoms with Gasteiger partial charge in [0.25, 0.3) is 5.91 Å². The Hall–Kier alpha value is -3.90. The predicted molar refractivity (Wildman–Crippen MR) is 181 cm³/mol. The second-order valence-corrected chi connectivity index (χ2v) is 12.3. The number of nitrogens with one attached hydrogen (secondary N) is 1. The molecule has 224 valence electrons. The summed E-state index contributed by atoms with van der Waals surface area (Å²) in [7, 11) is 0. The lowest BCUT2D eigenvalue weighted by Gasteiger charge is -2.30. The first-order valence-corrected chi connectivity index (χ1v) is 16.3. The Morgan fingerprint density at radius 3 is 1.98 bits per heavy atom. The fraction of sp³-hybridized carbons (Fsp3) is 0.289. The minimum atomic E-state index is -0.140. The molecule has 2 saturated heterocycles. The van der Waals surface area contributed by atoms with Crippen LogP contribution in [0, 0.1) is 0 Å². The lowest BCUT2D eigenvalue weighted by molar-refractivity contribution is 0.0723. The van der Waals surface area contributed by atoms with Gasteiger partial charge < -0.3 is 19.7 Å². The molecule has 1 N–H and O–H groups in total. The number of rotatable bonds is 8. The molecule has 2 fully saturated rings. The third-order valence-electron chi connectivity index (χ3n) is 9.29. The van der Waals surface area contributed by atoms with Gasteiger partial charge in [-0.05, 0) is 54.8 Å². The van der Waals surface area contributed by atoms with Crippen LogP contribution in [0.4, 0.5) is 0 Å². The molecule has 6 heteroatoms. The zero-order valence-electron chi connectivity index (χ0n) is 25.1. The SMILES string of the molecule is O=C(c1c(C(c2ccccc2)c2ccccc2)c2c(-c3ccccc3Cl)cccc2n1CCN1CCCC1)N1CCNCC1. The van der Waals surface area contributed by atoms with Crippen LogP contribution in [0.25, 0.3) is 22.0 Å². The monoisotopic (exact) mass is 602 g/mol. The number of amides is 1. The van der Waals surface area contributed by atoms with E-state index in [2.05, 4.69) is 99.7 Å². The lowest BCUT2D eigenvalue weighted by atomic mass is 9.82. The summed E-state index contributed by atoms with van der Waals surface area (Å²) >= 11 is 6.91. The first-order chi connectivity index (χ1) is 21.7. The van der Waals surface area contributed by atoms with Crippen molar-refractivity contribution in [1.82, 2.24) is 19.7 Å². The van der Waals surface area contributed by atoms with Crippen LogP contribution in [-0.2, 0) is 6.54 Å². The van der Waals surface area contributed by atoms with Crippen molar-refractivity contribution in [3.63, 3.8) is 0 Å². The molecule has 3 heterocycles. The number of likely N-dealkylation sites (tertiary alicyclic amines) is 1. The van der Waals surface area contributed by atoms with Crippen molar-refractivity contribution in [3.8, 4) is 11.1 Å². The van der Waals surface area contributed by atoms with Gasteiger partial charge >= 0.3 is 0 Å². The van der Waals surface area contributed by atoms with E-state index in [1.54, 1.807) is 0 Å². The van der Waals surface area contributed by atoms with Gasteiger partial charge in [0.15, 0.2) is 0 Å². The normalized spacial score (nSPS) is 15.8. The Labute approximate surface area is 265 Å². The Kier molecular flexibility index (Phi) is 8.52. The Morgan fingerprint density at radius 2 is 1.32 bits per heavy atom. The number of carbonyl (C=O) groups is 1. The molecule has 44 heavy (non-hydrogen) atoms. The Balaban J connectivity index is 1.56. The van der Waals surface area contributed by atoms with Gasteiger partial charge in [0.1, 0.15) is 5.69 Å². The largest absolute Gasteiger partial charge is 0.335 e. The first-order valence-electron chi connectivity index (χ1n) is 15.9. The van der Waals surface area contributed by atoms with Crippen LogP contribution in [-0.4, -0.2) is 66.1 Å². The maximum absolute atomic E-state index is 14.9. The molecule has 1 amide bonds. The van der Waals surface area contributed by atoms with Crippen molar-refractivity contribution < 1.29 is 4.79 Å². The number of piperazine rings is 1. The van der Waals surface area contributed by atoms with Crippen molar-refractivity contribution in [3.05, 3.63) is 131 Å². The molecule has 0 saturated carbocycles. The molecule has 4 aromatic carbocycles. The molecule has 2 aliphatic rings. The van der Waals surface area contributed by atoms with E-state index >= 15 is 0 Å². The maximum atomic E-state index is 14.9. The van der Waals surface area contributed by atoms with Crippen LogP contribution in [0.2, 0.25) is 5.02 Å². The van der Waals surface area contributed by atoms with Crippen LogP contribution < -0.4 is 5.32 Å². The molecule has 0 atom stereocenters. The van der Waals surface area contributed by atoms with E-state index in [4.69, 9.17) is 11.6 Å². The highest BCUT2D eigenvalue weighted by atomic mass is 35.5. The standard InChI is InChI=1S/C38H39ClN4O/c39-32-18-8-7-16-30(32)31-17-11-19-33-35(31)36(34(28-12-3-1-4-13-28)29-14-5-2-6-15-29)37(38(44)42-24-20-40-21-25-42)43(33)27-26-41-22-9-10-23-41/h1-8,11-19,34,40H,9-10,20-27H2. The number of halogens is 1. The van der Waals surface area contributed by atoms with Gasteiger partial charge in [-0.3, -0.25) is 4.79 Å². The summed E-state index contributed by atoms with van der Waals surface area (Å²) < 4.78 is 2.34. The summed E-state index contributed by atoms with van der Waals surface area (Å²) in [5.74, 6) is -0.0282. The molecule has 7 rings (SSSR count). The summed E-state index contributed by atoms with van der Waals surface area (Å²) in [6.45, 7) is 6.93. The van der Waals surface area contributed by atoms with Crippen LogP contribution in [0.1, 0.15) is 45.9 Å². The fourth-order valence-corrected chi connectivity index (χ4v) is 7.40. The summed E-state index contributed by atoms with van der Waals surface area (Å²) in [5, 5.41) is 5.25. The van der Waals surface area contributed by atoms with Crippen molar-refractivity contribution in [1.29, 1.82) is 0 Å². The summed E-state index contributed by atoms with van der Waals surface area (Å²) in [4.78, 5) is 19.5. The van der Waals surface area contributed by atoms with Crippen molar-refractivity contribution in [2.75, 3.05) is 45.8 Å². The number of nitrogens with zero attached hydrogens (tertiary/aromatic N) is 3. The first kappa shape index (κ1) is 28.8. The maximum Gasteiger partial charge on any atom is 0.270 e. The molecular formula is C38H39ClN4O. The smallest absolute Gasteiger partial charge is 0.270 e. The summed E-state index contributed by atoms with van der Waals surface area (Å²) in [5.41, 5.74) is 7.34. The molecule has 0 bridgehead atoms. The van der Waals surface area contributed by atoms with Crippen LogP contribution in [0.3, 0.4) is 0 Å². The molecule has 0 spiro atoms. The van der Waals surface area contributed by atoms with Gasteiger partial charge in [-0.1, -0.05) is 103 Å². The molecule has 0 unspecified atom stereocenters. The quantitative estimate of drug-likeness (QED) is 0.203. The third kappa shape index (κ3) is 5.56. The second kappa shape index (κ2) is 13.0. The van der Waals surface area contributed by atoms with Crippen molar-refractivity contribution >= 4 is 28.4 Å². The number of benzene rings is 4. The molecule has 5 nitrogen and oxygen atoms in total. The van der Waals surface area contributed by atoms with Crippen LogP contribution in [0.15, 0.2) is 103 Å². The highest BCUT2D eigenvalue weighted by molar-refractivity contribution is 6.33. The third-order valence-corrected chi connectivity index (χ3v) is 9.62. The van der Waals surface area contributed by atoms with E-state index in [9.17, 15) is 4.79 Å². The fourth-order valence-electron chi connectivity index (χ4n) is 7.16. The molecule has 0 aliphatic carbocycles. The Bertz CT molecular complexity index is 1700. The zero-order valence-corrected chi connectivity index (χ0v) is 25.8. The average Bonchev–Trinajstić information content (AvgIpc) is 3.72. The number of hydrogen-bond donors (Lipinski definition) is 1. The van der Waals surface area contributed by atoms with E-state index in [1.807, 2.05) is 23.1 Å². The predicted octanol–water partition coefficient (Wildman–Crippen LogP) is 7.28. The minimum absolute atomic E-state index is 0.112. The van der Waals surface area contributed by atoms with Gasteiger partial charge in [0.2, 0.25) is 0 Å². The number of carbonyl (C=O) groups excluding carboxylic acids is 1. The Morgan fingerprint density at radius 1 is 0.705 bits per heavy atom. The number of hydrogen-bond acceptors (Lipinski definition) is 3. The number of aromatic nitrogens is 1. The lowest BCUT2D eigenvalue weighted by Crippen LogP contribution is -2.47. The van der Waals surface area contributed by atoms with Gasteiger partial charge in [0.05, 0.1) is 0 Å². The summed E-state index contributed by atoms with van der Waals surface area (Å²) in [6, 6.07) is 35.9. The molecular weight excluding hydrogens is 564 g/mol. The van der Waals surface area contributed by atoms with E-state index in [1.165, 1.54) is 24.0 Å². The average molecular weight is 603 g/mol. The van der Waals surface area contributed by atoms with Gasteiger partial charge in [0, 0.05) is 72.2 Å². The van der Waals surface area contributed by atoms with E-state index < -0.39 is 0 Å². The van der Waals surface area contributed by atoms with Gasteiger partial charge in [-0.25, -0.2) is 0 Å². The zero-order chi connectivity index (χ0) is 29.9. The van der Waals surface area contributed by atoms with Gasteiger partial charge in [-0.2, -0.15) is 0 Å². The highest BCUT2D eigenvalue weighted by Gasteiger charge is 2.34. The molecule has 5 aromatic rings. The van der Waals surface area contributed by atoms with Crippen LogP contribution in [0.5, 0.6) is 0 Å².